The number of halogens is 4. The van der Waals surface area contributed by atoms with Crippen LogP contribution in [0.1, 0.15) is 30.0 Å². The minimum absolute atomic E-state index is 0.189. The van der Waals surface area contributed by atoms with Crippen molar-refractivity contribution in [3.63, 3.8) is 0 Å². The molecule has 0 aromatic heterocycles. The highest BCUT2D eigenvalue weighted by molar-refractivity contribution is 6.31. The highest BCUT2D eigenvalue weighted by Gasteiger charge is 2.36. The first-order valence-electron chi connectivity index (χ1n) is 5.09. The van der Waals surface area contributed by atoms with Crippen molar-refractivity contribution >= 4 is 11.6 Å². The van der Waals surface area contributed by atoms with Crippen molar-refractivity contribution in [3.05, 3.63) is 34.3 Å². The summed E-state index contributed by atoms with van der Waals surface area (Å²) in [5.41, 5.74) is -0.437. The summed E-state index contributed by atoms with van der Waals surface area (Å²) in [7, 11) is 0. The SMILES string of the molecule is FC(F)(F)c1cccc(Cl)c1[C@@H]1CCCN1. The zero-order valence-corrected chi connectivity index (χ0v) is 9.20. The minimum Gasteiger partial charge on any atom is -0.310 e. The van der Waals surface area contributed by atoms with E-state index in [1.54, 1.807) is 0 Å². The molecule has 0 amide bonds. The topological polar surface area (TPSA) is 12.0 Å². The van der Waals surface area contributed by atoms with E-state index < -0.39 is 11.7 Å². The monoisotopic (exact) mass is 249 g/mol. The minimum atomic E-state index is -4.34. The molecule has 1 aromatic carbocycles. The van der Waals surface area contributed by atoms with Crippen LogP contribution in [0.4, 0.5) is 13.2 Å². The molecule has 1 saturated heterocycles. The summed E-state index contributed by atoms with van der Waals surface area (Å²) in [4.78, 5) is 0. The van der Waals surface area contributed by atoms with E-state index in [0.29, 0.717) is 6.42 Å². The van der Waals surface area contributed by atoms with Crippen LogP contribution in [0.3, 0.4) is 0 Å². The second-order valence-electron chi connectivity index (χ2n) is 3.85. The zero-order valence-electron chi connectivity index (χ0n) is 8.44. The van der Waals surface area contributed by atoms with E-state index in [0.717, 1.165) is 19.0 Å². The Balaban J connectivity index is 2.48. The van der Waals surface area contributed by atoms with Gasteiger partial charge >= 0.3 is 6.18 Å². The lowest BCUT2D eigenvalue weighted by atomic mass is 9.98. The third-order valence-electron chi connectivity index (χ3n) is 2.77. The van der Waals surface area contributed by atoms with E-state index in [9.17, 15) is 13.2 Å². The summed E-state index contributed by atoms with van der Waals surface area (Å²) >= 11 is 5.88. The normalized spacial score (nSPS) is 21.4. The Morgan fingerprint density at radius 1 is 1.31 bits per heavy atom. The molecule has 0 bridgehead atoms. The summed E-state index contributed by atoms with van der Waals surface area (Å²) in [6, 6.07) is 3.65. The van der Waals surface area contributed by atoms with Crippen LogP contribution in [0.15, 0.2) is 18.2 Å². The number of hydrogen-bond donors (Lipinski definition) is 1. The quantitative estimate of drug-likeness (QED) is 0.799. The van der Waals surface area contributed by atoms with Gasteiger partial charge in [0.2, 0.25) is 0 Å². The Hall–Kier alpha value is -0.740. The molecule has 0 aliphatic carbocycles. The van der Waals surface area contributed by atoms with Gasteiger partial charge in [-0.15, -0.1) is 0 Å². The van der Waals surface area contributed by atoms with Crippen LogP contribution in [0, 0.1) is 0 Å². The smallest absolute Gasteiger partial charge is 0.310 e. The van der Waals surface area contributed by atoms with Gasteiger partial charge in [0.15, 0.2) is 0 Å². The Morgan fingerprint density at radius 3 is 2.62 bits per heavy atom. The third kappa shape index (κ3) is 2.18. The molecule has 1 aliphatic heterocycles. The molecule has 1 heterocycles. The van der Waals surface area contributed by atoms with Gasteiger partial charge in [0.05, 0.1) is 5.56 Å². The van der Waals surface area contributed by atoms with Gasteiger partial charge < -0.3 is 5.32 Å². The fourth-order valence-electron chi connectivity index (χ4n) is 2.07. The van der Waals surface area contributed by atoms with Crippen molar-refractivity contribution in [3.8, 4) is 0 Å². The molecule has 0 spiro atoms. The molecular formula is C11H11ClF3N. The van der Waals surface area contributed by atoms with Gasteiger partial charge in [0, 0.05) is 11.1 Å². The van der Waals surface area contributed by atoms with Gasteiger partial charge in [0.1, 0.15) is 0 Å². The Morgan fingerprint density at radius 2 is 2.06 bits per heavy atom. The maximum absolute atomic E-state index is 12.8. The number of nitrogens with one attached hydrogen (secondary N) is 1. The molecule has 1 fully saturated rings. The van der Waals surface area contributed by atoms with Crippen LogP contribution in [0.2, 0.25) is 5.02 Å². The molecule has 1 nitrogen and oxygen atoms in total. The summed E-state index contributed by atoms with van der Waals surface area (Å²) in [5.74, 6) is 0. The van der Waals surface area contributed by atoms with Crippen LogP contribution >= 0.6 is 11.6 Å². The first-order valence-corrected chi connectivity index (χ1v) is 5.47. The molecule has 1 atom stereocenters. The summed E-state index contributed by atoms with van der Waals surface area (Å²) in [6.07, 6.45) is -2.76. The predicted octanol–water partition coefficient (Wildman–Crippen LogP) is 3.78. The van der Waals surface area contributed by atoms with Crippen molar-refractivity contribution < 1.29 is 13.2 Å². The number of alkyl halides is 3. The molecule has 5 heteroatoms. The molecule has 1 N–H and O–H groups in total. The maximum atomic E-state index is 12.8. The molecular weight excluding hydrogens is 239 g/mol. The summed E-state index contributed by atoms with van der Waals surface area (Å²) < 4.78 is 38.4. The molecule has 1 aromatic rings. The zero-order chi connectivity index (χ0) is 11.8. The second-order valence-corrected chi connectivity index (χ2v) is 4.25. The molecule has 2 rings (SSSR count). The van der Waals surface area contributed by atoms with Crippen molar-refractivity contribution in [1.29, 1.82) is 0 Å². The molecule has 1 aliphatic rings. The van der Waals surface area contributed by atoms with E-state index in [2.05, 4.69) is 5.32 Å². The standard InChI is InChI=1S/C11H11ClF3N/c12-8-4-1-3-7(11(13,14)15)10(8)9-5-2-6-16-9/h1,3-4,9,16H,2,5-6H2/t9-/m0/s1. The molecule has 16 heavy (non-hydrogen) atoms. The lowest BCUT2D eigenvalue weighted by molar-refractivity contribution is -0.138. The first kappa shape index (κ1) is 11.7. The van der Waals surface area contributed by atoms with Gasteiger partial charge in [-0.05, 0) is 37.1 Å². The summed E-state index contributed by atoms with van der Waals surface area (Å²) in [6.45, 7) is 0.743. The van der Waals surface area contributed by atoms with Gasteiger partial charge in [-0.25, -0.2) is 0 Å². The average molecular weight is 250 g/mol. The third-order valence-corrected chi connectivity index (χ3v) is 3.10. The van der Waals surface area contributed by atoms with Gasteiger partial charge in [-0.3, -0.25) is 0 Å². The molecule has 0 unspecified atom stereocenters. The van der Waals surface area contributed by atoms with Crippen molar-refractivity contribution in [1.82, 2.24) is 5.32 Å². The Bertz CT molecular complexity index is 383. The number of benzene rings is 1. The lowest BCUT2D eigenvalue weighted by Gasteiger charge is -2.19. The van der Waals surface area contributed by atoms with Gasteiger partial charge in [-0.2, -0.15) is 13.2 Å². The average Bonchev–Trinajstić information content (AvgIpc) is 2.68. The fraction of sp³-hybridized carbons (Fsp3) is 0.455. The largest absolute Gasteiger partial charge is 0.416 e. The van der Waals surface area contributed by atoms with Gasteiger partial charge in [0.25, 0.3) is 0 Å². The fourth-order valence-corrected chi connectivity index (χ4v) is 2.38. The Kier molecular flexibility index (Phi) is 3.13. The van der Waals surface area contributed by atoms with Crippen LogP contribution in [0.5, 0.6) is 0 Å². The van der Waals surface area contributed by atoms with E-state index in [1.807, 2.05) is 0 Å². The van der Waals surface area contributed by atoms with Crippen molar-refractivity contribution in [2.24, 2.45) is 0 Å². The van der Waals surface area contributed by atoms with Gasteiger partial charge in [-0.1, -0.05) is 17.7 Å². The van der Waals surface area contributed by atoms with Crippen LogP contribution in [0.25, 0.3) is 0 Å². The van der Waals surface area contributed by atoms with Crippen molar-refractivity contribution in [2.75, 3.05) is 6.54 Å². The first-order chi connectivity index (χ1) is 7.50. The number of hydrogen-bond acceptors (Lipinski definition) is 1. The van der Waals surface area contributed by atoms with Crippen LogP contribution < -0.4 is 5.32 Å². The highest BCUT2D eigenvalue weighted by atomic mass is 35.5. The van der Waals surface area contributed by atoms with Crippen LogP contribution in [-0.2, 0) is 6.18 Å². The molecule has 0 radical (unpaired) electrons. The highest BCUT2D eigenvalue weighted by Crippen LogP contribution is 2.40. The van der Waals surface area contributed by atoms with E-state index >= 15 is 0 Å². The molecule has 88 valence electrons. The van der Waals surface area contributed by atoms with Crippen LogP contribution in [-0.4, -0.2) is 6.54 Å². The second kappa shape index (κ2) is 4.26. The van der Waals surface area contributed by atoms with E-state index in [1.165, 1.54) is 12.1 Å². The molecule has 0 saturated carbocycles. The maximum Gasteiger partial charge on any atom is 0.416 e. The van der Waals surface area contributed by atoms with E-state index in [4.69, 9.17) is 11.6 Å². The van der Waals surface area contributed by atoms with Crippen molar-refractivity contribution in [2.45, 2.75) is 25.1 Å². The predicted molar refractivity (Wildman–Crippen MR) is 56.4 cm³/mol. The van der Waals surface area contributed by atoms with E-state index in [-0.39, 0.29) is 16.6 Å². The Labute approximate surface area is 96.6 Å². The summed E-state index contributed by atoms with van der Waals surface area (Å²) in [5, 5.41) is 3.23. The lowest BCUT2D eigenvalue weighted by Crippen LogP contribution is -2.19. The number of rotatable bonds is 1.